The molecule has 18 heavy (non-hydrogen) atoms. The number of nitrogens with two attached hydrogens (primary N) is 1. The molecule has 0 atom stereocenters. The van der Waals surface area contributed by atoms with Crippen LogP contribution in [0.2, 0.25) is 0 Å². The summed E-state index contributed by atoms with van der Waals surface area (Å²) in [6, 6.07) is 1.29. The van der Waals surface area contributed by atoms with E-state index >= 15 is 0 Å². The van der Waals surface area contributed by atoms with Gasteiger partial charge in [-0.25, -0.2) is 22.9 Å². The fraction of sp³-hybridized carbons (Fsp3) is 0.333. The molecule has 0 spiro atoms. The van der Waals surface area contributed by atoms with Gasteiger partial charge in [0.25, 0.3) is 0 Å². The number of aromatic nitrogens is 1. The first-order valence-corrected chi connectivity index (χ1v) is 6.86. The molecule has 0 saturated heterocycles. The number of carboxylic acids is 1. The van der Waals surface area contributed by atoms with Gasteiger partial charge in [-0.15, -0.1) is 0 Å². The normalized spacial score (nSPS) is 11.2. The molecule has 0 radical (unpaired) electrons. The molecule has 0 aliphatic carbocycles. The minimum atomic E-state index is -3.23. The van der Waals surface area contributed by atoms with E-state index in [0.29, 0.717) is 5.82 Å². The quantitative estimate of drug-likeness (QED) is 0.505. The van der Waals surface area contributed by atoms with Crippen LogP contribution in [0.5, 0.6) is 0 Å². The molecule has 8 nitrogen and oxygen atoms in total. The molecule has 9 heteroatoms. The van der Waals surface area contributed by atoms with Crippen molar-refractivity contribution in [3.63, 3.8) is 0 Å². The highest BCUT2D eigenvalue weighted by molar-refractivity contribution is 7.88. The molecule has 1 aromatic heterocycles. The number of rotatable bonds is 6. The fourth-order valence-corrected chi connectivity index (χ4v) is 1.65. The number of sulfonamides is 1. The number of hydrogen-bond donors (Lipinski definition) is 4. The molecule has 0 fully saturated rings. The SMILES string of the molecule is CS(=O)(=O)NCCNc1cc(C(=O)O)c(N)cn1. The largest absolute Gasteiger partial charge is 0.478 e. The third-order valence-corrected chi connectivity index (χ3v) is 2.69. The van der Waals surface area contributed by atoms with Crippen LogP contribution in [0.1, 0.15) is 10.4 Å². The van der Waals surface area contributed by atoms with E-state index in [1.165, 1.54) is 12.3 Å². The third-order valence-electron chi connectivity index (χ3n) is 1.96. The standard InChI is InChI=1S/C9H14N4O4S/c1-18(16,17)13-3-2-11-8-4-6(9(14)15)7(10)5-12-8/h4-5,13H,2-3,10H2,1H3,(H,11,12)(H,14,15). The van der Waals surface area contributed by atoms with Crippen molar-refractivity contribution in [2.45, 2.75) is 0 Å². The summed E-state index contributed by atoms with van der Waals surface area (Å²) in [5.41, 5.74) is 5.46. The number of hydrogen-bond acceptors (Lipinski definition) is 6. The molecule has 0 bridgehead atoms. The second kappa shape index (κ2) is 5.65. The summed E-state index contributed by atoms with van der Waals surface area (Å²) in [5.74, 6) is -0.830. The van der Waals surface area contributed by atoms with Crippen molar-refractivity contribution in [2.24, 2.45) is 0 Å². The Kier molecular flexibility index (Phi) is 4.45. The van der Waals surface area contributed by atoms with Crippen LogP contribution in [0.25, 0.3) is 0 Å². The molecule has 0 unspecified atom stereocenters. The summed E-state index contributed by atoms with van der Waals surface area (Å²) in [4.78, 5) is 14.7. The number of nitrogen functional groups attached to an aromatic ring is 1. The summed E-state index contributed by atoms with van der Waals surface area (Å²) < 4.78 is 23.8. The average Bonchev–Trinajstić information content (AvgIpc) is 2.24. The predicted octanol–water partition coefficient (Wildman–Crippen LogP) is -0.677. The molecule has 100 valence electrons. The maximum Gasteiger partial charge on any atom is 0.337 e. The molecule has 0 aliphatic rings. The number of pyridine rings is 1. The van der Waals surface area contributed by atoms with E-state index in [0.717, 1.165) is 6.26 Å². The zero-order valence-corrected chi connectivity index (χ0v) is 10.5. The van der Waals surface area contributed by atoms with Crippen LogP contribution in [0.4, 0.5) is 11.5 Å². The van der Waals surface area contributed by atoms with E-state index in [-0.39, 0.29) is 24.3 Å². The van der Waals surface area contributed by atoms with Crippen LogP contribution in [-0.4, -0.2) is 43.8 Å². The van der Waals surface area contributed by atoms with E-state index in [9.17, 15) is 13.2 Å². The van der Waals surface area contributed by atoms with Crippen molar-refractivity contribution >= 4 is 27.5 Å². The monoisotopic (exact) mass is 274 g/mol. The highest BCUT2D eigenvalue weighted by atomic mass is 32.2. The van der Waals surface area contributed by atoms with E-state index in [4.69, 9.17) is 10.8 Å². The minimum Gasteiger partial charge on any atom is -0.478 e. The third kappa shape index (κ3) is 4.55. The van der Waals surface area contributed by atoms with Crippen molar-refractivity contribution in [2.75, 3.05) is 30.4 Å². The van der Waals surface area contributed by atoms with Crippen molar-refractivity contribution in [1.29, 1.82) is 0 Å². The number of nitrogens with one attached hydrogen (secondary N) is 2. The fourth-order valence-electron chi connectivity index (χ4n) is 1.17. The molecular formula is C9H14N4O4S. The van der Waals surface area contributed by atoms with Gasteiger partial charge in [0, 0.05) is 13.1 Å². The lowest BCUT2D eigenvalue weighted by molar-refractivity contribution is 0.0698. The van der Waals surface area contributed by atoms with Gasteiger partial charge in [0.1, 0.15) is 5.82 Å². The van der Waals surface area contributed by atoms with Gasteiger partial charge < -0.3 is 16.2 Å². The van der Waals surface area contributed by atoms with Crippen molar-refractivity contribution < 1.29 is 18.3 Å². The Hall–Kier alpha value is -1.87. The van der Waals surface area contributed by atoms with Crippen molar-refractivity contribution in [1.82, 2.24) is 9.71 Å². The second-order valence-corrected chi connectivity index (χ2v) is 5.39. The summed E-state index contributed by atoms with van der Waals surface area (Å²) in [5, 5.41) is 11.6. The van der Waals surface area contributed by atoms with Crippen LogP contribution < -0.4 is 15.8 Å². The number of carboxylic acid groups (broad SMARTS) is 1. The Morgan fingerprint density at radius 1 is 1.50 bits per heavy atom. The molecular weight excluding hydrogens is 260 g/mol. The van der Waals surface area contributed by atoms with Gasteiger partial charge in [-0.2, -0.15) is 0 Å². The Morgan fingerprint density at radius 3 is 2.72 bits per heavy atom. The second-order valence-electron chi connectivity index (χ2n) is 3.56. The predicted molar refractivity (Wildman–Crippen MR) is 66.9 cm³/mol. The summed E-state index contributed by atoms with van der Waals surface area (Å²) in [7, 11) is -3.23. The maximum atomic E-state index is 10.8. The van der Waals surface area contributed by atoms with Crippen molar-refractivity contribution in [3.05, 3.63) is 17.8 Å². The lowest BCUT2D eigenvalue weighted by Crippen LogP contribution is -2.27. The zero-order chi connectivity index (χ0) is 13.8. The maximum absolute atomic E-state index is 10.8. The topological polar surface area (TPSA) is 134 Å². The van der Waals surface area contributed by atoms with E-state index in [1.807, 2.05) is 0 Å². The van der Waals surface area contributed by atoms with Gasteiger partial charge in [-0.05, 0) is 6.07 Å². The smallest absolute Gasteiger partial charge is 0.337 e. The Morgan fingerprint density at radius 2 is 2.17 bits per heavy atom. The van der Waals surface area contributed by atoms with Gasteiger partial charge in [0.05, 0.1) is 23.7 Å². The first-order chi connectivity index (χ1) is 8.29. The van der Waals surface area contributed by atoms with Crippen molar-refractivity contribution in [3.8, 4) is 0 Å². The highest BCUT2D eigenvalue weighted by Gasteiger charge is 2.09. The molecule has 5 N–H and O–H groups in total. The van der Waals surface area contributed by atoms with Crippen LogP contribution >= 0.6 is 0 Å². The summed E-state index contributed by atoms with van der Waals surface area (Å²) in [6.45, 7) is 0.455. The van der Waals surface area contributed by atoms with E-state index in [1.54, 1.807) is 0 Å². The van der Waals surface area contributed by atoms with E-state index < -0.39 is 16.0 Å². The van der Waals surface area contributed by atoms with E-state index in [2.05, 4.69) is 15.0 Å². The molecule has 1 rings (SSSR count). The highest BCUT2D eigenvalue weighted by Crippen LogP contribution is 2.14. The molecule has 1 aromatic rings. The lowest BCUT2D eigenvalue weighted by atomic mass is 10.2. The van der Waals surface area contributed by atoms with Gasteiger partial charge in [0.15, 0.2) is 0 Å². The Balaban J connectivity index is 2.58. The van der Waals surface area contributed by atoms with Gasteiger partial charge in [0.2, 0.25) is 10.0 Å². The molecule has 0 amide bonds. The van der Waals surface area contributed by atoms with Crippen LogP contribution in [0.15, 0.2) is 12.3 Å². The molecule has 0 aromatic carbocycles. The first kappa shape index (κ1) is 14.2. The molecule has 1 heterocycles. The van der Waals surface area contributed by atoms with Gasteiger partial charge in [-0.1, -0.05) is 0 Å². The minimum absolute atomic E-state index is 0.0522. The van der Waals surface area contributed by atoms with Crippen LogP contribution in [-0.2, 0) is 10.0 Å². The summed E-state index contributed by atoms with van der Waals surface area (Å²) >= 11 is 0. The van der Waals surface area contributed by atoms with Gasteiger partial charge >= 0.3 is 5.97 Å². The zero-order valence-electron chi connectivity index (χ0n) is 9.67. The number of carbonyl (C=O) groups is 1. The number of anilines is 2. The van der Waals surface area contributed by atoms with Crippen LogP contribution in [0, 0.1) is 0 Å². The number of nitrogens with zero attached hydrogens (tertiary/aromatic N) is 1. The van der Waals surface area contributed by atoms with Crippen LogP contribution in [0.3, 0.4) is 0 Å². The lowest BCUT2D eigenvalue weighted by Gasteiger charge is -2.07. The molecule has 0 aliphatic heterocycles. The molecule has 0 saturated carbocycles. The van der Waals surface area contributed by atoms with Gasteiger partial charge in [-0.3, -0.25) is 0 Å². The average molecular weight is 274 g/mol. The summed E-state index contributed by atoms with van der Waals surface area (Å²) in [6.07, 6.45) is 2.28. The first-order valence-electron chi connectivity index (χ1n) is 4.97. The number of aromatic carboxylic acids is 1. The Bertz CT molecular complexity index is 543. The Labute approximate surface area is 104 Å².